The maximum atomic E-state index is 12.4. The molecule has 3 heterocycles. The van der Waals surface area contributed by atoms with Gasteiger partial charge >= 0.3 is 11.1 Å². The molecule has 1 saturated heterocycles. The van der Waals surface area contributed by atoms with Crippen molar-refractivity contribution in [2.24, 2.45) is 7.05 Å². The molecule has 6 heteroatoms. The second kappa shape index (κ2) is 4.86. The van der Waals surface area contributed by atoms with Crippen molar-refractivity contribution in [2.75, 3.05) is 13.1 Å². The van der Waals surface area contributed by atoms with Crippen molar-refractivity contribution in [1.82, 2.24) is 19.4 Å². The fourth-order valence-electron chi connectivity index (χ4n) is 2.83. The molecule has 1 aliphatic heterocycles. The molecule has 106 valence electrons. The van der Waals surface area contributed by atoms with Gasteiger partial charge in [0.25, 0.3) is 0 Å². The summed E-state index contributed by atoms with van der Waals surface area (Å²) in [6, 6.07) is 1.95. The lowest BCUT2D eigenvalue weighted by molar-refractivity contribution is 0.365. The quantitative estimate of drug-likeness (QED) is 0.761. The van der Waals surface area contributed by atoms with Crippen molar-refractivity contribution < 1.29 is 0 Å². The Morgan fingerprint density at radius 1 is 1.25 bits per heavy atom. The first-order valence-corrected chi connectivity index (χ1v) is 6.88. The molecule has 20 heavy (non-hydrogen) atoms. The molecule has 0 aromatic carbocycles. The summed E-state index contributed by atoms with van der Waals surface area (Å²) in [5, 5.41) is 3.27. The summed E-state index contributed by atoms with van der Waals surface area (Å²) in [6.45, 7) is 3.65. The fourth-order valence-corrected chi connectivity index (χ4v) is 2.83. The van der Waals surface area contributed by atoms with Gasteiger partial charge in [0, 0.05) is 19.3 Å². The first-order chi connectivity index (χ1) is 9.59. The van der Waals surface area contributed by atoms with Crippen LogP contribution < -0.4 is 16.4 Å². The third-order valence-corrected chi connectivity index (χ3v) is 3.95. The van der Waals surface area contributed by atoms with E-state index in [2.05, 4.69) is 10.3 Å². The van der Waals surface area contributed by atoms with Crippen LogP contribution in [-0.2, 0) is 7.05 Å². The summed E-state index contributed by atoms with van der Waals surface area (Å²) in [7, 11) is 1.62. The van der Waals surface area contributed by atoms with E-state index in [0.29, 0.717) is 11.2 Å². The molecular formula is C14H18N4O2. The zero-order valence-electron chi connectivity index (χ0n) is 11.7. The second-order valence-corrected chi connectivity index (χ2v) is 5.38. The van der Waals surface area contributed by atoms with Gasteiger partial charge in [-0.15, -0.1) is 0 Å². The molecule has 0 radical (unpaired) electrons. The van der Waals surface area contributed by atoms with Crippen molar-refractivity contribution >= 4 is 11.2 Å². The predicted octanol–water partition coefficient (Wildman–Crippen LogP) is 0.328. The second-order valence-electron chi connectivity index (χ2n) is 5.38. The number of piperidine rings is 1. The van der Waals surface area contributed by atoms with E-state index in [1.807, 2.05) is 13.0 Å². The third-order valence-electron chi connectivity index (χ3n) is 3.95. The maximum absolute atomic E-state index is 12.4. The molecule has 1 aliphatic rings. The number of aromatic nitrogens is 3. The number of rotatable bonds is 1. The molecule has 0 amide bonds. The zero-order valence-corrected chi connectivity index (χ0v) is 11.7. The number of hydrogen-bond donors (Lipinski definition) is 1. The van der Waals surface area contributed by atoms with Gasteiger partial charge in [-0.05, 0) is 44.5 Å². The van der Waals surface area contributed by atoms with E-state index < -0.39 is 11.1 Å². The molecule has 0 atom stereocenters. The van der Waals surface area contributed by atoms with Crippen molar-refractivity contribution in [3.63, 3.8) is 0 Å². The van der Waals surface area contributed by atoms with E-state index in [1.54, 1.807) is 17.8 Å². The summed E-state index contributed by atoms with van der Waals surface area (Å²) >= 11 is 0. The van der Waals surface area contributed by atoms with Gasteiger partial charge in [-0.2, -0.15) is 0 Å². The number of aryl methyl sites for hydroxylation is 2. The van der Waals surface area contributed by atoms with Crippen molar-refractivity contribution in [2.45, 2.75) is 25.8 Å². The highest BCUT2D eigenvalue weighted by molar-refractivity contribution is 5.71. The SMILES string of the molecule is Cc1cnc2c(c1)n(C)c(=O)c(=O)n2C1CCNCC1. The van der Waals surface area contributed by atoms with E-state index in [1.165, 1.54) is 4.57 Å². The number of nitrogens with zero attached hydrogens (tertiary/aromatic N) is 3. The van der Waals surface area contributed by atoms with E-state index in [4.69, 9.17) is 0 Å². The summed E-state index contributed by atoms with van der Waals surface area (Å²) in [6.07, 6.45) is 3.43. The van der Waals surface area contributed by atoms with Gasteiger partial charge in [0.1, 0.15) is 0 Å². The molecule has 0 spiro atoms. The van der Waals surface area contributed by atoms with Gasteiger partial charge in [-0.1, -0.05) is 0 Å². The zero-order chi connectivity index (χ0) is 14.3. The molecular weight excluding hydrogens is 256 g/mol. The van der Waals surface area contributed by atoms with Crippen LogP contribution in [-0.4, -0.2) is 27.2 Å². The molecule has 0 unspecified atom stereocenters. The van der Waals surface area contributed by atoms with Crippen LogP contribution in [0.3, 0.4) is 0 Å². The largest absolute Gasteiger partial charge is 0.318 e. The summed E-state index contributed by atoms with van der Waals surface area (Å²) < 4.78 is 2.99. The van der Waals surface area contributed by atoms with E-state index in [-0.39, 0.29) is 6.04 Å². The average molecular weight is 274 g/mol. The van der Waals surface area contributed by atoms with Crippen LogP contribution in [0.4, 0.5) is 0 Å². The highest BCUT2D eigenvalue weighted by Gasteiger charge is 2.21. The molecule has 0 aliphatic carbocycles. The Hall–Kier alpha value is -1.95. The minimum atomic E-state index is -0.483. The van der Waals surface area contributed by atoms with Crippen molar-refractivity contribution in [1.29, 1.82) is 0 Å². The topological polar surface area (TPSA) is 68.9 Å². The highest BCUT2D eigenvalue weighted by Crippen LogP contribution is 2.20. The normalized spacial score (nSPS) is 16.7. The molecule has 1 N–H and O–H groups in total. The summed E-state index contributed by atoms with van der Waals surface area (Å²) in [5.74, 6) is 0. The third kappa shape index (κ3) is 1.96. The van der Waals surface area contributed by atoms with E-state index in [0.717, 1.165) is 31.5 Å². The summed E-state index contributed by atoms with van der Waals surface area (Å²) in [4.78, 5) is 28.9. The highest BCUT2D eigenvalue weighted by atomic mass is 16.2. The van der Waals surface area contributed by atoms with E-state index in [9.17, 15) is 9.59 Å². The van der Waals surface area contributed by atoms with Crippen LogP contribution in [0, 0.1) is 6.92 Å². The average Bonchev–Trinajstić information content (AvgIpc) is 2.47. The molecule has 0 saturated carbocycles. The maximum Gasteiger partial charge on any atom is 0.318 e. The first kappa shape index (κ1) is 13.1. The lowest BCUT2D eigenvalue weighted by Gasteiger charge is -2.25. The van der Waals surface area contributed by atoms with Crippen LogP contribution in [0.5, 0.6) is 0 Å². The lowest BCUT2D eigenvalue weighted by atomic mass is 10.1. The molecule has 0 bridgehead atoms. The molecule has 2 aromatic heterocycles. The van der Waals surface area contributed by atoms with Crippen molar-refractivity contribution in [3.8, 4) is 0 Å². The monoisotopic (exact) mass is 274 g/mol. The number of fused-ring (bicyclic) bond motifs is 1. The van der Waals surface area contributed by atoms with Crippen LogP contribution in [0.1, 0.15) is 24.4 Å². The molecule has 2 aromatic rings. The van der Waals surface area contributed by atoms with E-state index >= 15 is 0 Å². The Balaban J connectivity index is 2.35. The molecule has 3 rings (SSSR count). The Bertz CT molecular complexity index is 769. The number of nitrogens with one attached hydrogen (secondary N) is 1. The standard InChI is InChI=1S/C14H18N4O2/c1-9-7-11-12(16-8-9)18(10-3-5-15-6-4-10)14(20)13(19)17(11)2/h7-8,10,15H,3-6H2,1-2H3. The summed E-state index contributed by atoms with van der Waals surface area (Å²) in [5.41, 5.74) is 1.34. The van der Waals surface area contributed by atoms with Crippen molar-refractivity contribution in [3.05, 3.63) is 38.5 Å². The minimum Gasteiger partial charge on any atom is -0.317 e. The van der Waals surface area contributed by atoms with Crippen LogP contribution in [0.15, 0.2) is 21.9 Å². The fraction of sp³-hybridized carbons (Fsp3) is 0.500. The molecule has 6 nitrogen and oxygen atoms in total. The smallest absolute Gasteiger partial charge is 0.317 e. The number of hydrogen-bond acceptors (Lipinski definition) is 4. The van der Waals surface area contributed by atoms with Gasteiger partial charge in [-0.25, -0.2) is 4.98 Å². The van der Waals surface area contributed by atoms with Gasteiger partial charge in [0.2, 0.25) is 0 Å². The Morgan fingerprint density at radius 2 is 1.95 bits per heavy atom. The Labute approximate surface area is 116 Å². The first-order valence-electron chi connectivity index (χ1n) is 6.88. The van der Waals surface area contributed by atoms with Crippen LogP contribution in [0.25, 0.3) is 11.2 Å². The van der Waals surface area contributed by atoms with Gasteiger partial charge in [0.05, 0.1) is 5.52 Å². The minimum absolute atomic E-state index is 0.0513. The number of pyridine rings is 1. The lowest BCUT2D eigenvalue weighted by Crippen LogP contribution is -2.44. The van der Waals surface area contributed by atoms with Gasteiger partial charge < -0.3 is 9.88 Å². The molecule has 1 fully saturated rings. The Morgan fingerprint density at radius 3 is 2.65 bits per heavy atom. The van der Waals surface area contributed by atoms with Gasteiger partial charge in [0.15, 0.2) is 5.65 Å². The van der Waals surface area contributed by atoms with Crippen LogP contribution in [0.2, 0.25) is 0 Å². The predicted molar refractivity (Wildman–Crippen MR) is 77.1 cm³/mol. The Kier molecular flexibility index (Phi) is 3.17. The van der Waals surface area contributed by atoms with Crippen LogP contribution >= 0.6 is 0 Å². The van der Waals surface area contributed by atoms with Gasteiger partial charge in [-0.3, -0.25) is 14.2 Å².